The van der Waals surface area contributed by atoms with Gasteiger partial charge >= 0.3 is 0 Å². The Hall–Kier alpha value is -2.69. The van der Waals surface area contributed by atoms with Gasteiger partial charge in [-0.05, 0) is 67.5 Å². The molecule has 0 bridgehead atoms. The average Bonchev–Trinajstić information content (AvgIpc) is 3.23. The minimum atomic E-state index is 0.0932. The smallest absolute Gasteiger partial charge is 0.253 e. The molecule has 5 rings (SSSR count). The molecule has 1 aliphatic heterocycles. The van der Waals surface area contributed by atoms with Crippen LogP contribution in [0.15, 0.2) is 47.1 Å². The molecular formula is C24H27N3O2. The fourth-order valence-electron chi connectivity index (χ4n) is 4.83. The van der Waals surface area contributed by atoms with E-state index in [4.69, 9.17) is 9.40 Å². The van der Waals surface area contributed by atoms with Crippen LogP contribution in [0.3, 0.4) is 0 Å². The van der Waals surface area contributed by atoms with Gasteiger partial charge in [0, 0.05) is 37.0 Å². The van der Waals surface area contributed by atoms with Crippen molar-refractivity contribution in [2.24, 2.45) is 0 Å². The number of amides is 1. The lowest BCUT2D eigenvalue weighted by Crippen LogP contribution is -2.37. The number of likely N-dealkylation sites (tertiary alicyclic amines) is 1. The van der Waals surface area contributed by atoms with Crippen molar-refractivity contribution in [3.8, 4) is 0 Å². The fourth-order valence-corrected chi connectivity index (χ4v) is 4.83. The summed E-state index contributed by atoms with van der Waals surface area (Å²) in [4.78, 5) is 23.8. The van der Waals surface area contributed by atoms with E-state index in [1.807, 2.05) is 35.5 Å². The first kappa shape index (κ1) is 18.3. The third-order valence-corrected chi connectivity index (χ3v) is 6.57. The molecule has 0 atom stereocenters. The Balaban J connectivity index is 1.28. The van der Waals surface area contributed by atoms with Crippen LogP contribution < -0.4 is 0 Å². The van der Waals surface area contributed by atoms with E-state index < -0.39 is 0 Å². The summed E-state index contributed by atoms with van der Waals surface area (Å²) in [5.74, 6) is 1.89. The number of piperidine rings is 1. The number of nitrogens with zero attached hydrogens (tertiary/aromatic N) is 3. The first-order chi connectivity index (χ1) is 14.3. The summed E-state index contributed by atoms with van der Waals surface area (Å²) in [5.41, 5.74) is 3.62. The van der Waals surface area contributed by atoms with E-state index in [2.05, 4.69) is 17.1 Å². The monoisotopic (exact) mass is 389 g/mol. The van der Waals surface area contributed by atoms with E-state index in [1.165, 1.54) is 24.8 Å². The van der Waals surface area contributed by atoms with E-state index in [-0.39, 0.29) is 5.91 Å². The zero-order valence-corrected chi connectivity index (χ0v) is 16.7. The van der Waals surface area contributed by atoms with Crippen LogP contribution in [0.25, 0.3) is 11.1 Å². The lowest BCUT2D eigenvalue weighted by molar-refractivity contribution is 0.0713. The van der Waals surface area contributed by atoms with Gasteiger partial charge in [0.25, 0.3) is 5.91 Å². The van der Waals surface area contributed by atoms with Gasteiger partial charge in [-0.3, -0.25) is 9.78 Å². The number of fused-ring (bicyclic) bond motifs is 1. The van der Waals surface area contributed by atoms with Crippen LogP contribution in [-0.4, -0.2) is 33.9 Å². The van der Waals surface area contributed by atoms with E-state index in [0.29, 0.717) is 17.4 Å². The van der Waals surface area contributed by atoms with Crippen molar-refractivity contribution in [1.29, 1.82) is 0 Å². The summed E-state index contributed by atoms with van der Waals surface area (Å²) in [7, 11) is 0. The number of pyridine rings is 1. The van der Waals surface area contributed by atoms with Crippen molar-refractivity contribution < 1.29 is 9.21 Å². The third-order valence-electron chi connectivity index (χ3n) is 6.57. The molecule has 2 aromatic heterocycles. The van der Waals surface area contributed by atoms with Crippen molar-refractivity contribution in [3.05, 3.63) is 59.7 Å². The molecule has 1 aliphatic carbocycles. The van der Waals surface area contributed by atoms with E-state index >= 15 is 0 Å². The molecule has 1 amide bonds. The van der Waals surface area contributed by atoms with Crippen LogP contribution in [0.5, 0.6) is 0 Å². The first-order valence-corrected chi connectivity index (χ1v) is 10.9. The van der Waals surface area contributed by atoms with Crippen LogP contribution in [0.2, 0.25) is 0 Å². The molecular weight excluding hydrogens is 362 g/mol. The zero-order chi connectivity index (χ0) is 19.6. The Kier molecular flexibility index (Phi) is 5.04. The largest absolute Gasteiger partial charge is 0.440 e. The number of aromatic nitrogens is 2. The van der Waals surface area contributed by atoms with Crippen LogP contribution in [0, 0.1) is 0 Å². The molecule has 29 heavy (non-hydrogen) atoms. The van der Waals surface area contributed by atoms with Crippen LogP contribution in [0.4, 0.5) is 0 Å². The minimum absolute atomic E-state index is 0.0932. The highest BCUT2D eigenvalue weighted by molar-refractivity contribution is 5.97. The maximum Gasteiger partial charge on any atom is 0.253 e. The third kappa shape index (κ3) is 3.78. The molecule has 0 radical (unpaired) electrons. The SMILES string of the molecule is O=C(c1ccc2nc(C3CCCCC3)oc2c1)N1CCC(c2ccncc2)CC1. The molecule has 3 heterocycles. The van der Waals surface area contributed by atoms with Gasteiger partial charge in [-0.2, -0.15) is 0 Å². The van der Waals surface area contributed by atoms with Gasteiger partial charge in [0.15, 0.2) is 11.5 Å². The van der Waals surface area contributed by atoms with Crippen molar-refractivity contribution in [2.45, 2.75) is 56.8 Å². The van der Waals surface area contributed by atoms with Gasteiger partial charge in [-0.1, -0.05) is 19.3 Å². The number of hydrogen-bond donors (Lipinski definition) is 0. The summed E-state index contributed by atoms with van der Waals surface area (Å²) in [5, 5.41) is 0. The molecule has 5 nitrogen and oxygen atoms in total. The molecule has 1 saturated heterocycles. The second-order valence-electron chi connectivity index (χ2n) is 8.42. The molecule has 5 heteroatoms. The number of hydrogen-bond acceptors (Lipinski definition) is 4. The summed E-state index contributed by atoms with van der Waals surface area (Å²) in [6.45, 7) is 1.57. The standard InChI is InChI=1S/C24H27N3O2/c28-24(27-14-10-18(11-15-27)17-8-12-25-13-9-17)20-6-7-21-22(16-20)29-23(26-21)19-4-2-1-3-5-19/h6-9,12-13,16,18-19H,1-5,10-11,14-15H2. The molecule has 2 aliphatic rings. The molecule has 1 aromatic carbocycles. The van der Waals surface area contributed by atoms with Gasteiger partial charge in [0.2, 0.25) is 0 Å². The maximum atomic E-state index is 13.0. The second-order valence-corrected chi connectivity index (χ2v) is 8.42. The number of rotatable bonds is 3. The van der Waals surface area contributed by atoms with Crippen LogP contribution in [-0.2, 0) is 0 Å². The number of benzene rings is 1. The maximum absolute atomic E-state index is 13.0. The molecule has 0 N–H and O–H groups in total. The fraction of sp³-hybridized carbons (Fsp3) is 0.458. The minimum Gasteiger partial charge on any atom is -0.440 e. The molecule has 150 valence electrons. The lowest BCUT2D eigenvalue weighted by atomic mass is 9.89. The van der Waals surface area contributed by atoms with Crippen LogP contribution >= 0.6 is 0 Å². The number of oxazole rings is 1. The Morgan fingerprint density at radius 2 is 1.69 bits per heavy atom. The lowest BCUT2D eigenvalue weighted by Gasteiger charge is -2.32. The molecule has 0 unspecified atom stereocenters. The van der Waals surface area contributed by atoms with Gasteiger partial charge in [-0.15, -0.1) is 0 Å². The van der Waals surface area contributed by atoms with Crippen molar-refractivity contribution in [3.63, 3.8) is 0 Å². The van der Waals surface area contributed by atoms with Gasteiger partial charge in [0.05, 0.1) is 0 Å². The second kappa shape index (κ2) is 7.97. The number of carbonyl (C=O) groups excluding carboxylic acids is 1. The highest BCUT2D eigenvalue weighted by Gasteiger charge is 2.26. The number of carbonyl (C=O) groups is 1. The topological polar surface area (TPSA) is 59.2 Å². The Morgan fingerprint density at radius 1 is 0.931 bits per heavy atom. The molecule has 3 aromatic rings. The summed E-state index contributed by atoms with van der Waals surface area (Å²) in [6.07, 6.45) is 11.8. The zero-order valence-electron chi connectivity index (χ0n) is 16.7. The summed E-state index contributed by atoms with van der Waals surface area (Å²) < 4.78 is 6.07. The van der Waals surface area contributed by atoms with Crippen molar-refractivity contribution in [1.82, 2.24) is 14.9 Å². The van der Waals surface area contributed by atoms with Gasteiger partial charge < -0.3 is 9.32 Å². The predicted molar refractivity (Wildman–Crippen MR) is 112 cm³/mol. The van der Waals surface area contributed by atoms with Crippen molar-refractivity contribution in [2.75, 3.05) is 13.1 Å². The Labute approximate surface area is 171 Å². The Morgan fingerprint density at radius 3 is 2.45 bits per heavy atom. The average molecular weight is 389 g/mol. The van der Waals surface area contributed by atoms with Gasteiger partial charge in [0.1, 0.15) is 5.52 Å². The van der Waals surface area contributed by atoms with E-state index in [0.717, 1.165) is 55.8 Å². The quantitative estimate of drug-likeness (QED) is 0.611. The highest BCUT2D eigenvalue weighted by atomic mass is 16.3. The molecule has 1 saturated carbocycles. The highest BCUT2D eigenvalue weighted by Crippen LogP contribution is 2.34. The predicted octanol–water partition coefficient (Wildman–Crippen LogP) is 5.29. The van der Waals surface area contributed by atoms with E-state index in [1.54, 1.807) is 0 Å². The Bertz CT molecular complexity index is 984. The molecule has 2 fully saturated rings. The normalized spacial score (nSPS) is 19.0. The van der Waals surface area contributed by atoms with Crippen molar-refractivity contribution >= 4 is 17.0 Å². The summed E-state index contributed by atoms with van der Waals surface area (Å²) >= 11 is 0. The molecule has 0 spiro atoms. The van der Waals surface area contributed by atoms with Crippen LogP contribution in [0.1, 0.15) is 78.6 Å². The van der Waals surface area contributed by atoms with E-state index in [9.17, 15) is 4.79 Å². The summed E-state index contributed by atoms with van der Waals surface area (Å²) in [6, 6.07) is 9.88. The first-order valence-electron chi connectivity index (χ1n) is 10.9. The van der Waals surface area contributed by atoms with Gasteiger partial charge in [-0.25, -0.2) is 4.98 Å².